The summed E-state index contributed by atoms with van der Waals surface area (Å²) in [7, 11) is 0. The lowest BCUT2D eigenvalue weighted by molar-refractivity contribution is 0.100. The zero-order valence-corrected chi connectivity index (χ0v) is 13.5. The van der Waals surface area contributed by atoms with Gasteiger partial charge in [-0.2, -0.15) is 0 Å². The predicted molar refractivity (Wildman–Crippen MR) is 92.3 cm³/mol. The summed E-state index contributed by atoms with van der Waals surface area (Å²) in [6.45, 7) is 3.73. The molecule has 0 saturated carbocycles. The second-order valence-corrected chi connectivity index (χ2v) is 5.76. The molecule has 2 aromatic heterocycles. The Morgan fingerprint density at radius 1 is 1.29 bits per heavy atom. The summed E-state index contributed by atoms with van der Waals surface area (Å²) in [6, 6.07) is 3.86. The monoisotopic (exact) mass is 327 g/mol. The Labute approximate surface area is 140 Å². The number of hydrogen-bond donors (Lipinski definition) is 4. The molecule has 126 valence electrons. The number of aromatic nitrogens is 3. The fourth-order valence-electron chi connectivity index (χ4n) is 2.68. The van der Waals surface area contributed by atoms with Gasteiger partial charge in [0.1, 0.15) is 17.5 Å². The zero-order valence-electron chi connectivity index (χ0n) is 13.5. The number of piperidine rings is 1. The van der Waals surface area contributed by atoms with Gasteiger partial charge in [0.05, 0.1) is 11.3 Å². The molecule has 3 heterocycles. The number of anilines is 3. The molecule has 8 heteroatoms. The number of nitrogens with two attached hydrogens (primary N) is 1. The van der Waals surface area contributed by atoms with E-state index in [0.717, 1.165) is 25.9 Å². The number of nitrogens with zero attached hydrogens (tertiary/aromatic N) is 3. The molecule has 0 bridgehead atoms. The molecule has 0 spiro atoms. The normalized spacial score (nSPS) is 15.0. The van der Waals surface area contributed by atoms with Crippen LogP contribution in [-0.2, 0) is 0 Å². The van der Waals surface area contributed by atoms with E-state index in [1.54, 1.807) is 18.3 Å². The topological polar surface area (TPSA) is 118 Å². The van der Waals surface area contributed by atoms with Gasteiger partial charge in [-0.1, -0.05) is 0 Å². The molecule has 0 aliphatic carbocycles. The van der Waals surface area contributed by atoms with Gasteiger partial charge >= 0.3 is 0 Å². The highest BCUT2D eigenvalue weighted by molar-refractivity contribution is 5.98. The number of aryl methyl sites for hydroxylation is 1. The molecule has 0 unspecified atom stereocenters. The zero-order chi connectivity index (χ0) is 16.9. The van der Waals surface area contributed by atoms with Crippen molar-refractivity contribution in [2.75, 3.05) is 23.7 Å². The molecule has 24 heavy (non-hydrogen) atoms. The molecule has 1 fully saturated rings. The summed E-state index contributed by atoms with van der Waals surface area (Å²) in [5.74, 6) is 1.41. The third-order valence-corrected chi connectivity index (χ3v) is 3.90. The molecular formula is C16H21N7O. The van der Waals surface area contributed by atoms with Crippen LogP contribution in [0.5, 0.6) is 0 Å². The largest absolute Gasteiger partial charge is 0.381 e. The number of carbonyl (C=O) groups excluding carboxylic acids is 1. The third-order valence-electron chi connectivity index (χ3n) is 3.90. The van der Waals surface area contributed by atoms with E-state index in [0.29, 0.717) is 34.8 Å². The summed E-state index contributed by atoms with van der Waals surface area (Å²) < 4.78 is 0. The third kappa shape index (κ3) is 3.96. The number of amides is 1. The van der Waals surface area contributed by atoms with Crippen molar-refractivity contribution in [3.05, 3.63) is 35.9 Å². The highest BCUT2D eigenvalue weighted by Crippen LogP contribution is 2.23. The summed E-state index contributed by atoms with van der Waals surface area (Å²) in [6.07, 6.45) is 5.15. The number of pyridine rings is 1. The van der Waals surface area contributed by atoms with Gasteiger partial charge in [0.15, 0.2) is 0 Å². The van der Waals surface area contributed by atoms with E-state index in [1.165, 1.54) is 6.20 Å². The first kappa shape index (κ1) is 16.1. The summed E-state index contributed by atoms with van der Waals surface area (Å²) in [5, 5.41) is 9.85. The van der Waals surface area contributed by atoms with Gasteiger partial charge in [0, 0.05) is 24.5 Å². The van der Waals surface area contributed by atoms with Crippen molar-refractivity contribution >= 4 is 23.2 Å². The van der Waals surface area contributed by atoms with Crippen molar-refractivity contribution in [3.8, 4) is 0 Å². The van der Waals surface area contributed by atoms with Crippen molar-refractivity contribution in [3.63, 3.8) is 0 Å². The minimum absolute atomic E-state index is 0.306. The van der Waals surface area contributed by atoms with Crippen molar-refractivity contribution in [1.29, 1.82) is 0 Å². The van der Waals surface area contributed by atoms with Gasteiger partial charge in [0.2, 0.25) is 0 Å². The molecule has 0 radical (unpaired) electrons. The van der Waals surface area contributed by atoms with E-state index >= 15 is 0 Å². The van der Waals surface area contributed by atoms with E-state index < -0.39 is 5.91 Å². The van der Waals surface area contributed by atoms with E-state index in [-0.39, 0.29) is 0 Å². The quantitative estimate of drug-likeness (QED) is 0.651. The molecule has 0 aromatic carbocycles. The molecule has 1 amide bonds. The minimum atomic E-state index is -0.497. The number of hydrogen-bond acceptors (Lipinski definition) is 7. The van der Waals surface area contributed by atoms with Crippen LogP contribution in [0.4, 0.5) is 17.3 Å². The number of nitrogens with one attached hydrogen (secondary N) is 3. The van der Waals surface area contributed by atoms with Crippen molar-refractivity contribution in [2.24, 2.45) is 5.73 Å². The number of carbonyl (C=O) groups is 1. The Hall–Kier alpha value is -2.74. The van der Waals surface area contributed by atoms with Crippen LogP contribution in [-0.4, -0.2) is 40.0 Å². The molecule has 1 saturated heterocycles. The summed E-state index contributed by atoms with van der Waals surface area (Å²) >= 11 is 0. The molecule has 8 nitrogen and oxygen atoms in total. The van der Waals surface area contributed by atoms with Gasteiger partial charge in [-0.15, -0.1) is 0 Å². The summed E-state index contributed by atoms with van der Waals surface area (Å²) in [4.78, 5) is 24.3. The van der Waals surface area contributed by atoms with Crippen molar-refractivity contribution < 1.29 is 4.79 Å². The van der Waals surface area contributed by atoms with Crippen LogP contribution < -0.4 is 21.7 Å². The lowest BCUT2D eigenvalue weighted by Crippen LogP contribution is -2.35. The van der Waals surface area contributed by atoms with Crippen LogP contribution in [0, 0.1) is 6.92 Å². The van der Waals surface area contributed by atoms with Gasteiger partial charge in [-0.05, 0) is 38.9 Å². The average molecular weight is 327 g/mol. The van der Waals surface area contributed by atoms with Crippen LogP contribution in [0.1, 0.15) is 29.0 Å². The first-order valence-corrected chi connectivity index (χ1v) is 7.95. The molecular weight excluding hydrogens is 306 g/mol. The van der Waals surface area contributed by atoms with Crippen LogP contribution >= 0.6 is 0 Å². The van der Waals surface area contributed by atoms with Crippen LogP contribution in [0.2, 0.25) is 0 Å². The number of primary amides is 1. The lowest BCUT2D eigenvalue weighted by atomic mass is 10.1. The van der Waals surface area contributed by atoms with E-state index in [1.807, 2.05) is 6.92 Å². The van der Waals surface area contributed by atoms with Crippen LogP contribution in [0.3, 0.4) is 0 Å². The Kier molecular flexibility index (Phi) is 4.85. The van der Waals surface area contributed by atoms with Gasteiger partial charge in [-0.3, -0.25) is 4.79 Å². The second-order valence-electron chi connectivity index (χ2n) is 5.76. The highest BCUT2D eigenvalue weighted by Gasteiger charge is 2.17. The van der Waals surface area contributed by atoms with Gasteiger partial charge < -0.3 is 21.7 Å². The van der Waals surface area contributed by atoms with E-state index in [9.17, 15) is 4.79 Å². The van der Waals surface area contributed by atoms with E-state index in [2.05, 4.69) is 30.9 Å². The predicted octanol–water partition coefficient (Wildman–Crippen LogP) is 1.19. The minimum Gasteiger partial charge on any atom is -0.381 e. The highest BCUT2D eigenvalue weighted by atomic mass is 16.1. The maximum Gasteiger partial charge on any atom is 0.252 e. The maximum atomic E-state index is 11.7. The Morgan fingerprint density at radius 2 is 2.08 bits per heavy atom. The first-order valence-electron chi connectivity index (χ1n) is 7.95. The summed E-state index contributed by atoms with van der Waals surface area (Å²) in [5.41, 5.74) is 6.55. The van der Waals surface area contributed by atoms with Crippen LogP contribution in [0.15, 0.2) is 24.5 Å². The Bertz CT molecular complexity index is 728. The standard InChI is InChI=1S/C16H21N7O/c1-10-19-7-4-14(21-10)23-15-8-13(12(9-20-15)16(17)24)22-11-2-5-18-6-3-11/h4,7-9,11,18H,2-3,5-6H2,1H3,(H2,17,24)(H2,19,20,21,22,23). The second kappa shape index (κ2) is 7.22. The maximum absolute atomic E-state index is 11.7. The van der Waals surface area contributed by atoms with Crippen molar-refractivity contribution in [2.45, 2.75) is 25.8 Å². The first-order chi connectivity index (χ1) is 11.6. The fourth-order valence-corrected chi connectivity index (χ4v) is 2.68. The average Bonchev–Trinajstić information content (AvgIpc) is 2.56. The smallest absolute Gasteiger partial charge is 0.252 e. The molecule has 2 aromatic rings. The molecule has 1 aliphatic rings. The molecule has 1 aliphatic heterocycles. The molecule has 5 N–H and O–H groups in total. The molecule has 3 rings (SSSR count). The SMILES string of the molecule is Cc1nccc(Nc2cc(NC3CCNCC3)c(C(N)=O)cn2)n1. The Balaban J connectivity index is 1.83. The number of rotatable bonds is 5. The van der Waals surface area contributed by atoms with E-state index in [4.69, 9.17) is 5.73 Å². The van der Waals surface area contributed by atoms with Crippen LogP contribution in [0.25, 0.3) is 0 Å². The lowest BCUT2D eigenvalue weighted by Gasteiger charge is -2.25. The van der Waals surface area contributed by atoms with Crippen molar-refractivity contribution in [1.82, 2.24) is 20.3 Å². The Morgan fingerprint density at radius 3 is 2.79 bits per heavy atom. The van der Waals surface area contributed by atoms with Gasteiger partial charge in [0.25, 0.3) is 5.91 Å². The van der Waals surface area contributed by atoms with Gasteiger partial charge in [-0.25, -0.2) is 15.0 Å². The molecule has 0 atom stereocenters. The fraction of sp³-hybridized carbons (Fsp3) is 0.375.